The molecular formula is C15H23N3O2S. The Bertz CT molecular complexity index is 501. The molecule has 6 heteroatoms. The smallest absolute Gasteiger partial charge is 0.321 e. The van der Waals surface area contributed by atoms with Crippen molar-refractivity contribution < 1.29 is 9.59 Å². The van der Waals surface area contributed by atoms with Crippen LogP contribution in [0.15, 0.2) is 11.4 Å². The molecule has 0 fully saturated rings. The van der Waals surface area contributed by atoms with Gasteiger partial charge in [-0.05, 0) is 36.8 Å². The molecule has 0 unspecified atom stereocenters. The fraction of sp³-hybridized carbons (Fsp3) is 0.600. The maximum Gasteiger partial charge on any atom is 0.321 e. The SMILES string of the molecule is CCCCNC(=O)NC(=O)CN1CCc2sccc2[C@H]1C. The highest BCUT2D eigenvalue weighted by Crippen LogP contribution is 2.32. The van der Waals surface area contributed by atoms with E-state index in [-0.39, 0.29) is 18.5 Å². The minimum Gasteiger partial charge on any atom is -0.338 e. The van der Waals surface area contributed by atoms with Crippen molar-refractivity contribution in [3.8, 4) is 0 Å². The van der Waals surface area contributed by atoms with Crippen LogP contribution in [0.2, 0.25) is 0 Å². The zero-order valence-corrected chi connectivity index (χ0v) is 13.5. The monoisotopic (exact) mass is 309 g/mol. The van der Waals surface area contributed by atoms with Crippen LogP contribution in [0.25, 0.3) is 0 Å². The number of rotatable bonds is 5. The molecule has 0 aromatic carbocycles. The van der Waals surface area contributed by atoms with Gasteiger partial charge in [0.1, 0.15) is 0 Å². The number of fused-ring (bicyclic) bond motifs is 1. The largest absolute Gasteiger partial charge is 0.338 e. The average molecular weight is 309 g/mol. The Balaban J connectivity index is 1.79. The second-order valence-corrected chi connectivity index (χ2v) is 6.35. The zero-order chi connectivity index (χ0) is 15.2. The number of unbranched alkanes of at least 4 members (excludes halogenated alkanes) is 1. The lowest BCUT2D eigenvalue weighted by molar-refractivity contribution is -0.121. The summed E-state index contributed by atoms with van der Waals surface area (Å²) >= 11 is 1.78. The summed E-state index contributed by atoms with van der Waals surface area (Å²) in [5, 5.41) is 7.19. The summed E-state index contributed by atoms with van der Waals surface area (Å²) < 4.78 is 0. The molecule has 1 aromatic heterocycles. The average Bonchev–Trinajstić information content (AvgIpc) is 2.91. The summed E-state index contributed by atoms with van der Waals surface area (Å²) in [7, 11) is 0. The van der Waals surface area contributed by atoms with E-state index in [4.69, 9.17) is 0 Å². The van der Waals surface area contributed by atoms with Crippen molar-refractivity contribution in [3.63, 3.8) is 0 Å². The molecule has 1 atom stereocenters. The number of nitrogens with zero attached hydrogens (tertiary/aromatic N) is 1. The van der Waals surface area contributed by atoms with E-state index >= 15 is 0 Å². The number of urea groups is 1. The van der Waals surface area contributed by atoms with Gasteiger partial charge in [0.15, 0.2) is 0 Å². The number of hydrogen-bond acceptors (Lipinski definition) is 4. The lowest BCUT2D eigenvalue weighted by Crippen LogP contribution is -2.46. The summed E-state index contributed by atoms with van der Waals surface area (Å²) in [6, 6.07) is 1.97. The van der Waals surface area contributed by atoms with Crippen molar-refractivity contribution in [1.82, 2.24) is 15.5 Å². The number of hydrogen-bond donors (Lipinski definition) is 2. The van der Waals surface area contributed by atoms with Crippen molar-refractivity contribution in [2.24, 2.45) is 0 Å². The molecule has 2 rings (SSSR count). The number of carbonyl (C=O) groups excluding carboxylic acids is 2. The molecule has 1 aromatic rings. The van der Waals surface area contributed by atoms with Crippen LogP contribution in [0.3, 0.4) is 0 Å². The number of carbonyl (C=O) groups is 2. The van der Waals surface area contributed by atoms with Crippen molar-refractivity contribution in [3.05, 3.63) is 21.9 Å². The number of amides is 3. The van der Waals surface area contributed by atoms with Crippen LogP contribution in [-0.4, -0.2) is 36.5 Å². The Morgan fingerprint density at radius 2 is 2.29 bits per heavy atom. The van der Waals surface area contributed by atoms with Gasteiger partial charge in [-0.1, -0.05) is 13.3 Å². The van der Waals surface area contributed by atoms with E-state index in [1.54, 1.807) is 11.3 Å². The van der Waals surface area contributed by atoms with Gasteiger partial charge < -0.3 is 5.32 Å². The van der Waals surface area contributed by atoms with Gasteiger partial charge in [0.05, 0.1) is 6.54 Å². The van der Waals surface area contributed by atoms with Gasteiger partial charge in [-0.3, -0.25) is 15.0 Å². The molecule has 3 amide bonds. The van der Waals surface area contributed by atoms with Gasteiger partial charge >= 0.3 is 6.03 Å². The number of thiophene rings is 1. The van der Waals surface area contributed by atoms with E-state index in [2.05, 4.69) is 40.8 Å². The fourth-order valence-corrected chi connectivity index (χ4v) is 3.51. The minimum atomic E-state index is -0.394. The minimum absolute atomic E-state index is 0.230. The zero-order valence-electron chi connectivity index (χ0n) is 12.6. The first-order valence-corrected chi connectivity index (χ1v) is 8.37. The summed E-state index contributed by atoms with van der Waals surface area (Å²) in [5.74, 6) is -0.241. The summed E-state index contributed by atoms with van der Waals surface area (Å²) in [6.45, 7) is 5.89. The Morgan fingerprint density at radius 3 is 3.05 bits per heavy atom. The molecule has 1 aliphatic heterocycles. The van der Waals surface area contributed by atoms with E-state index in [9.17, 15) is 9.59 Å². The van der Waals surface area contributed by atoms with E-state index < -0.39 is 6.03 Å². The quantitative estimate of drug-likeness (QED) is 0.820. The third kappa shape index (κ3) is 4.28. The van der Waals surface area contributed by atoms with Crippen LogP contribution < -0.4 is 10.6 Å². The molecule has 0 spiro atoms. The van der Waals surface area contributed by atoms with Gasteiger partial charge in [0, 0.05) is 24.0 Å². The molecular weight excluding hydrogens is 286 g/mol. The predicted molar refractivity (Wildman–Crippen MR) is 84.5 cm³/mol. The lowest BCUT2D eigenvalue weighted by atomic mass is 10.0. The highest BCUT2D eigenvalue weighted by Gasteiger charge is 2.26. The molecule has 0 saturated carbocycles. The van der Waals surface area contributed by atoms with Gasteiger partial charge in [0.25, 0.3) is 0 Å². The molecule has 0 bridgehead atoms. The van der Waals surface area contributed by atoms with Crippen LogP contribution >= 0.6 is 11.3 Å². The number of imide groups is 1. The van der Waals surface area contributed by atoms with Crippen LogP contribution in [0.4, 0.5) is 4.79 Å². The van der Waals surface area contributed by atoms with Gasteiger partial charge in [-0.25, -0.2) is 4.79 Å². The van der Waals surface area contributed by atoms with Crippen LogP contribution in [-0.2, 0) is 11.2 Å². The van der Waals surface area contributed by atoms with Gasteiger partial charge in [-0.15, -0.1) is 11.3 Å². The standard InChI is InChI=1S/C15H23N3O2S/c1-3-4-7-16-15(20)17-14(19)10-18-8-5-13-12(11(18)2)6-9-21-13/h6,9,11H,3-5,7-8,10H2,1-2H3,(H2,16,17,19,20)/t11-/m1/s1. The molecule has 5 nitrogen and oxygen atoms in total. The third-order valence-corrected chi connectivity index (χ3v) is 4.82. The molecule has 0 aliphatic carbocycles. The lowest BCUT2D eigenvalue weighted by Gasteiger charge is -2.32. The first-order valence-electron chi connectivity index (χ1n) is 7.49. The Kier molecular flexibility index (Phi) is 5.76. The van der Waals surface area contributed by atoms with Crippen molar-refractivity contribution in [1.29, 1.82) is 0 Å². The van der Waals surface area contributed by atoms with Crippen molar-refractivity contribution in [2.75, 3.05) is 19.6 Å². The Hall–Kier alpha value is -1.40. The van der Waals surface area contributed by atoms with Crippen LogP contribution in [0.5, 0.6) is 0 Å². The van der Waals surface area contributed by atoms with Crippen LogP contribution in [0, 0.1) is 0 Å². The highest BCUT2D eigenvalue weighted by atomic mass is 32.1. The van der Waals surface area contributed by atoms with Gasteiger partial charge in [-0.2, -0.15) is 0 Å². The van der Waals surface area contributed by atoms with Gasteiger partial charge in [0.2, 0.25) is 5.91 Å². The molecule has 116 valence electrons. The maximum atomic E-state index is 11.9. The van der Waals surface area contributed by atoms with Crippen molar-refractivity contribution >= 4 is 23.3 Å². The first kappa shape index (κ1) is 16.0. The van der Waals surface area contributed by atoms with E-state index in [1.165, 1.54) is 10.4 Å². The number of nitrogens with one attached hydrogen (secondary N) is 2. The normalized spacial score (nSPS) is 18.1. The first-order chi connectivity index (χ1) is 10.1. The maximum absolute atomic E-state index is 11.9. The predicted octanol–water partition coefficient (Wildman–Crippen LogP) is 2.29. The Labute approximate surface area is 129 Å². The fourth-order valence-electron chi connectivity index (χ4n) is 2.55. The molecule has 0 radical (unpaired) electrons. The molecule has 2 N–H and O–H groups in total. The summed E-state index contributed by atoms with van der Waals surface area (Å²) in [6.07, 6.45) is 2.92. The third-order valence-electron chi connectivity index (χ3n) is 3.82. The molecule has 21 heavy (non-hydrogen) atoms. The Morgan fingerprint density at radius 1 is 1.48 bits per heavy atom. The summed E-state index contributed by atoms with van der Waals surface area (Å²) in [4.78, 5) is 27.0. The van der Waals surface area contributed by atoms with E-state index in [0.717, 1.165) is 25.8 Å². The molecule has 0 saturated heterocycles. The second-order valence-electron chi connectivity index (χ2n) is 5.35. The summed E-state index contributed by atoms with van der Waals surface area (Å²) in [5.41, 5.74) is 1.31. The molecule has 1 aliphatic rings. The van der Waals surface area contributed by atoms with E-state index in [0.29, 0.717) is 6.54 Å². The van der Waals surface area contributed by atoms with E-state index in [1.807, 2.05) is 0 Å². The topological polar surface area (TPSA) is 61.4 Å². The highest BCUT2D eigenvalue weighted by molar-refractivity contribution is 7.10. The van der Waals surface area contributed by atoms with Crippen molar-refractivity contribution in [2.45, 2.75) is 39.2 Å². The second kappa shape index (κ2) is 7.56. The molecule has 2 heterocycles. The van der Waals surface area contributed by atoms with Crippen LogP contribution in [0.1, 0.15) is 43.2 Å².